The van der Waals surface area contributed by atoms with E-state index >= 15 is 0 Å². The van der Waals surface area contributed by atoms with Crippen molar-refractivity contribution in [1.82, 2.24) is 5.32 Å². The summed E-state index contributed by atoms with van der Waals surface area (Å²) >= 11 is 0. The summed E-state index contributed by atoms with van der Waals surface area (Å²) in [7, 11) is 0. The van der Waals surface area contributed by atoms with Gasteiger partial charge < -0.3 is 11.1 Å². The van der Waals surface area contributed by atoms with Crippen LogP contribution in [0.2, 0.25) is 0 Å². The molecule has 0 rings (SSSR count). The first-order valence-corrected chi connectivity index (χ1v) is 5.21. The minimum absolute atomic E-state index is 0.519. The molecule has 2 heteroatoms. The molecule has 0 bridgehead atoms. The molecule has 2 nitrogen and oxygen atoms in total. The van der Waals surface area contributed by atoms with E-state index in [1.54, 1.807) is 0 Å². The molecule has 12 heavy (non-hydrogen) atoms. The molecule has 0 aromatic rings. The topological polar surface area (TPSA) is 38.0 Å². The van der Waals surface area contributed by atoms with Crippen molar-refractivity contribution in [3.8, 4) is 0 Å². The van der Waals surface area contributed by atoms with E-state index in [2.05, 4.69) is 26.1 Å². The summed E-state index contributed by atoms with van der Waals surface area (Å²) in [5, 5.41) is 3.50. The second kappa shape index (κ2) is 7.56. The average molecular weight is 172 g/mol. The van der Waals surface area contributed by atoms with Gasteiger partial charge in [0.05, 0.1) is 0 Å². The SMILES string of the molecule is CCC(CC)CNC(CC)CN. The van der Waals surface area contributed by atoms with Crippen LogP contribution in [0.3, 0.4) is 0 Å². The largest absolute Gasteiger partial charge is 0.329 e. The molecule has 0 aromatic heterocycles. The predicted octanol–water partition coefficient (Wildman–Crippen LogP) is 1.75. The van der Waals surface area contributed by atoms with Gasteiger partial charge in [-0.25, -0.2) is 0 Å². The van der Waals surface area contributed by atoms with Crippen LogP contribution in [-0.2, 0) is 0 Å². The lowest BCUT2D eigenvalue weighted by atomic mass is 10.0. The van der Waals surface area contributed by atoms with E-state index in [-0.39, 0.29) is 0 Å². The number of nitrogens with two attached hydrogens (primary N) is 1. The van der Waals surface area contributed by atoms with E-state index in [9.17, 15) is 0 Å². The third kappa shape index (κ3) is 4.73. The van der Waals surface area contributed by atoms with Crippen LogP contribution in [0.1, 0.15) is 40.0 Å². The van der Waals surface area contributed by atoms with Crippen LogP contribution in [0.4, 0.5) is 0 Å². The van der Waals surface area contributed by atoms with Crippen molar-refractivity contribution in [1.29, 1.82) is 0 Å². The molecule has 0 aromatic carbocycles. The number of hydrogen-bond donors (Lipinski definition) is 2. The Hall–Kier alpha value is -0.0800. The van der Waals surface area contributed by atoms with Gasteiger partial charge in [0.1, 0.15) is 0 Å². The van der Waals surface area contributed by atoms with E-state index in [0.717, 1.165) is 25.4 Å². The minimum Gasteiger partial charge on any atom is -0.329 e. The van der Waals surface area contributed by atoms with Crippen molar-refractivity contribution in [3.63, 3.8) is 0 Å². The number of nitrogens with one attached hydrogen (secondary N) is 1. The molecule has 0 heterocycles. The molecule has 3 N–H and O–H groups in total. The molecule has 0 saturated carbocycles. The maximum Gasteiger partial charge on any atom is 0.0187 e. The summed E-state index contributed by atoms with van der Waals surface area (Å²) in [5.41, 5.74) is 5.59. The van der Waals surface area contributed by atoms with Crippen LogP contribution in [0.5, 0.6) is 0 Å². The van der Waals surface area contributed by atoms with E-state index in [0.29, 0.717) is 6.04 Å². The molecule has 0 amide bonds. The van der Waals surface area contributed by atoms with Crippen LogP contribution in [0.25, 0.3) is 0 Å². The van der Waals surface area contributed by atoms with Gasteiger partial charge >= 0.3 is 0 Å². The molecular weight excluding hydrogens is 148 g/mol. The van der Waals surface area contributed by atoms with Crippen LogP contribution >= 0.6 is 0 Å². The van der Waals surface area contributed by atoms with Gasteiger partial charge in [0.25, 0.3) is 0 Å². The monoisotopic (exact) mass is 172 g/mol. The molecule has 0 aliphatic heterocycles. The summed E-state index contributed by atoms with van der Waals surface area (Å²) in [6, 6.07) is 0.519. The van der Waals surface area contributed by atoms with Crippen molar-refractivity contribution < 1.29 is 0 Å². The fourth-order valence-electron chi connectivity index (χ4n) is 1.31. The standard InChI is InChI=1S/C10H24N2/c1-4-9(5-2)8-12-10(6-3)7-11/h9-10,12H,4-8,11H2,1-3H3. The Balaban J connectivity index is 3.49. The van der Waals surface area contributed by atoms with Gasteiger partial charge in [-0.05, 0) is 18.9 Å². The van der Waals surface area contributed by atoms with E-state index in [1.165, 1.54) is 12.8 Å². The fraction of sp³-hybridized carbons (Fsp3) is 1.00. The highest BCUT2D eigenvalue weighted by Crippen LogP contribution is 2.05. The Morgan fingerprint density at radius 3 is 2.00 bits per heavy atom. The molecule has 0 aliphatic rings. The normalized spacial score (nSPS) is 13.8. The first-order valence-electron chi connectivity index (χ1n) is 5.21. The third-order valence-electron chi connectivity index (χ3n) is 2.63. The van der Waals surface area contributed by atoms with Gasteiger partial charge in [0, 0.05) is 12.6 Å². The van der Waals surface area contributed by atoms with Crippen LogP contribution in [-0.4, -0.2) is 19.1 Å². The van der Waals surface area contributed by atoms with Gasteiger partial charge in [-0.1, -0.05) is 33.6 Å². The molecule has 0 aliphatic carbocycles. The summed E-state index contributed by atoms with van der Waals surface area (Å²) in [6.45, 7) is 8.56. The highest BCUT2D eigenvalue weighted by atomic mass is 14.9. The molecule has 0 radical (unpaired) electrons. The third-order valence-corrected chi connectivity index (χ3v) is 2.63. The summed E-state index contributed by atoms with van der Waals surface area (Å²) in [4.78, 5) is 0. The van der Waals surface area contributed by atoms with Crippen molar-refractivity contribution in [2.24, 2.45) is 11.7 Å². The zero-order chi connectivity index (χ0) is 9.40. The lowest BCUT2D eigenvalue weighted by Crippen LogP contribution is -2.38. The molecule has 74 valence electrons. The molecule has 1 unspecified atom stereocenters. The summed E-state index contributed by atoms with van der Waals surface area (Å²) in [5.74, 6) is 0.825. The lowest BCUT2D eigenvalue weighted by molar-refractivity contribution is 0.404. The van der Waals surface area contributed by atoms with Crippen molar-refractivity contribution in [2.75, 3.05) is 13.1 Å². The van der Waals surface area contributed by atoms with Gasteiger partial charge in [-0.3, -0.25) is 0 Å². The van der Waals surface area contributed by atoms with Crippen LogP contribution in [0, 0.1) is 5.92 Å². The predicted molar refractivity (Wildman–Crippen MR) is 55.2 cm³/mol. The van der Waals surface area contributed by atoms with Gasteiger partial charge in [-0.2, -0.15) is 0 Å². The molecule has 1 atom stereocenters. The Bertz CT molecular complexity index is 73.8. The zero-order valence-corrected chi connectivity index (χ0v) is 8.77. The Labute approximate surface area is 76.9 Å². The highest BCUT2D eigenvalue weighted by Gasteiger charge is 2.06. The average Bonchev–Trinajstić information content (AvgIpc) is 2.13. The van der Waals surface area contributed by atoms with Crippen molar-refractivity contribution in [2.45, 2.75) is 46.1 Å². The molecule has 0 fully saturated rings. The maximum absolute atomic E-state index is 5.59. The van der Waals surface area contributed by atoms with Crippen molar-refractivity contribution in [3.05, 3.63) is 0 Å². The van der Waals surface area contributed by atoms with E-state index in [4.69, 9.17) is 5.73 Å². The van der Waals surface area contributed by atoms with Gasteiger partial charge in [0.2, 0.25) is 0 Å². The number of hydrogen-bond acceptors (Lipinski definition) is 2. The van der Waals surface area contributed by atoms with Crippen LogP contribution in [0.15, 0.2) is 0 Å². The molecule has 0 saturated heterocycles. The van der Waals surface area contributed by atoms with E-state index in [1.807, 2.05) is 0 Å². The second-order valence-corrected chi connectivity index (χ2v) is 3.43. The second-order valence-electron chi connectivity index (χ2n) is 3.43. The fourth-order valence-corrected chi connectivity index (χ4v) is 1.31. The van der Waals surface area contributed by atoms with E-state index < -0.39 is 0 Å². The quantitative estimate of drug-likeness (QED) is 0.614. The molecular formula is C10H24N2. The maximum atomic E-state index is 5.59. The Kier molecular flexibility index (Phi) is 7.51. The summed E-state index contributed by atoms with van der Waals surface area (Å²) < 4.78 is 0. The first kappa shape index (κ1) is 11.9. The Morgan fingerprint density at radius 2 is 1.67 bits per heavy atom. The van der Waals surface area contributed by atoms with Crippen LogP contribution < -0.4 is 11.1 Å². The van der Waals surface area contributed by atoms with Gasteiger partial charge in [0.15, 0.2) is 0 Å². The lowest BCUT2D eigenvalue weighted by Gasteiger charge is -2.19. The summed E-state index contributed by atoms with van der Waals surface area (Å²) in [6.07, 6.45) is 3.67. The Morgan fingerprint density at radius 1 is 1.08 bits per heavy atom. The highest BCUT2D eigenvalue weighted by molar-refractivity contribution is 4.67. The first-order chi connectivity index (χ1) is 5.78. The van der Waals surface area contributed by atoms with Crippen molar-refractivity contribution >= 4 is 0 Å². The van der Waals surface area contributed by atoms with Gasteiger partial charge in [-0.15, -0.1) is 0 Å². The smallest absolute Gasteiger partial charge is 0.0187 e. The minimum atomic E-state index is 0.519. The number of rotatable bonds is 7. The zero-order valence-electron chi connectivity index (χ0n) is 8.77. The molecule has 0 spiro atoms.